The maximum absolute atomic E-state index is 10.8. The quantitative estimate of drug-likeness (QED) is 0.560. The Morgan fingerprint density at radius 1 is 1.47 bits per heavy atom. The lowest BCUT2D eigenvalue weighted by molar-refractivity contribution is 0.0690. The van der Waals surface area contributed by atoms with Crippen molar-refractivity contribution in [2.75, 3.05) is 26.1 Å². The predicted octanol–water partition coefficient (Wildman–Crippen LogP) is 0.992. The minimum absolute atomic E-state index is 0.0612. The third kappa shape index (κ3) is 2.85. The molecule has 0 atom stereocenters. The fraction of sp³-hybridized carbons (Fsp3) is 0.300. The molecule has 0 aliphatic rings. The van der Waals surface area contributed by atoms with Crippen molar-refractivity contribution in [3.63, 3.8) is 0 Å². The topological polar surface area (TPSA) is 81.8 Å². The van der Waals surface area contributed by atoms with Gasteiger partial charge < -0.3 is 20.3 Å². The number of para-hydroxylation sites is 1. The molecule has 0 spiro atoms. The molecular formula is C10H13NO4. The number of nitrogens with two attached hydrogens (primary N) is 1. The van der Waals surface area contributed by atoms with Crippen LogP contribution in [0.3, 0.4) is 0 Å². The molecule has 5 heteroatoms. The molecule has 0 saturated heterocycles. The Morgan fingerprint density at radius 3 is 2.80 bits per heavy atom. The molecule has 0 aromatic heterocycles. The van der Waals surface area contributed by atoms with Crippen LogP contribution in [0.5, 0.6) is 5.75 Å². The van der Waals surface area contributed by atoms with Gasteiger partial charge in [0.1, 0.15) is 12.2 Å². The first-order valence-electron chi connectivity index (χ1n) is 4.40. The van der Waals surface area contributed by atoms with Crippen LogP contribution < -0.4 is 10.5 Å². The predicted molar refractivity (Wildman–Crippen MR) is 55.2 cm³/mol. The number of carbonyl (C=O) groups is 1. The van der Waals surface area contributed by atoms with Crippen LogP contribution in [-0.4, -0.2) is 31.4 Å². The van der Waals surface area contributed by atoms with Gasteiger partial charge in [-0.1, -0.05) is 6.07 Å². The molecule has 1 aromatic rings. The third-order valence-corrected chi connectivity index (χ3v) is 1.81. The summed E-state index contributed by atoms with van der Waals surface area (Å²) in [4.78, 5) is 10.8. The zero-order chi connectivity index (χ0) is 11.3. The van der Waals surface area contributed by atoms with Crippen LogP contribution >= 0.6 is 0 Å². The number of carboxylic acids is 1. The highest BCUT2D eigenvalue weighted by atomic mass is 16.5. The lowest BCUT2D eigenvalue weighted by atomic mass is 10.2. The molecule has 15 heavy (non-hydrogen) atoms. The van der Waals surface area contributed by atoms with Gasteiger partial charge >= 0.3 is 5.97 Å². The molecule has 0 heterocycles. The molecule has 0 amide bonds. The maximum atomic E-state index is 10.8. The summed E-state index contributed by atoms with van der Waals surface area (Å²) >= 11 is 0. The van der Waals surface area contributed by atoms with Gasteiger partial charge in [-0.25, -0.2) is 4.79 Å². The van der Waals surface area contributed by atoms with Crippen LogP contribution in [-0.2, 0) is 4.74 Å². The fourth-order valence-electron chi connectivity index (χ4n) is 1.11. The molecule has 0 aliphatic carbocycles. The van der Waals surface area contributed by atoms with Gasteiger partial charge in [0, 0.05) is 7.11 Å². The molecular weight excluding hydrogens is 198 g/mol. The lowest BCUT2D eigenvalue weighted by Crippen LogP contribution is -2.10. The maximum Gasteiger partial charge on any atom is 0.339 e. The summed E-state index contributed by atoms with van der Waals surface area (Å²) in [6.45, 7) is 0.651. The molecule has 1 aromatic carbocycles. The van der Waals surface area contributed by atoms with E-state index in [0.717, 1.165) is 0 Å². The molecule has 0 unspecified atom stereocenters. The van der Waals surface area contributed by atoms with E-state index in [-0.39, 0.29) is 17.9 Å². The highest BCUT2D eigenvalue weighted by Gasteiger charge is 2.13. The Labute approximate surface area is 87.4 Å². The molecule has 1 rings (SSSR count). The van der Waals surface area contributed by atoms with Gasteiger partial charge in [-0.05, 0) is 12.1 Å². The van der Waals surface area contributed by atoms with Gasteiger partial charge in [-0.2, -0.15) is 0 Å². The second kappa shape index (κ2) is 5.21. The van der Waals surface area contributed by atoms with Gasteiger partial charge in [-0.15, -0.1) is 0 Å². The first kappa shape index (κ1) is 11.3. The zero-order valence-corrected chi connectivity index (χ0v) is 8.40. The summed E-state index contributed by atoms with van der Waals surface area (Å²) in [6, 6.07) is 4.61. The standard InChI is InChI=1S/C10H13NO4/c1-14-5-6-15-9-7(10(12)13)3-2-4-8(9)11/h2-4H,5-6,11H2,1H3,(H,12,13). The monoisotopic (exact) mass is 211 g/mol. The highest BCUT2D eigenvalue weighted by Crippen LogP contribution is 2.26. The molecule has 0 bridgehead atoms. The van der Waals surface area contributed by atoms with E-state index in [9.17, 15) is 4.79 Å². The highest BCUT2D eigenvalue weighted by molar-refractivity contribution is 5.93. The molecule has 0 aliphatic heterocycles. The summed E-state index contributed by atoms with van der Waals surface area (Å²) in [5.41, 5.74) is 5.98. The summed E-state index contributed by atoms with van der Waals surface area (Å²) in [7, 11) is 1.54. The Balaban J connectivity index is 2.87. The normalized spacial score (nSPS) is 9.93. The average Bonchev–Trinajstić information content (AvgIpc) is 2.20. The van der Waals surface area contributed by atoms with Crippen molar-refractivity contribution < 1.29 is 19.4 Å². The van der Waals surface area contributed by atoms with Crippen molar-refractivity contribution >= 4 is 11.7 Å². The van der Waals surface area contributed by atoms with Crippen molar-refractivity contribution in [3.8, 4) is 5.75 Å². The lowest BCUT2D eigenvalue weighted by Gasteiger charge is -2.10. The van der Waals surface area contributed by atoms with E-state index in [2.05, 4.69) is 0 Å². The number of anilines is 1. The van der Waals surface area contributed by atoms with Crippen molar-refractivity contribution in [3.05, 3.63) is 23.8 Å². The van der Waals surface area contributed by atoms with Crippen LogP contribution in [0.15, 0.2) is 18.2 Å². The van der Waals surface area contributed by atoms with Gasteiger partial charge in [0.25, 0.3) is 0 Å². The van der Waals surface area contributed by atoms with E-state index in [1.165, 1.54) is 13.2 Å². The van der Waals surface area contributed by atoms with E-state index < -0.39 is 5.97 Å². The number of nitrogen functional groups attached to an aromatic ring is 1. The van der Waals surface area contributed by atoms with Crippen LogP contribution in [0.25, 0.3) is 0 Å². The SMILES string of the molecule is COCCOc1c(N)cccc1C(=O)O. The summed E-state index contributed by atoms with van der Waals surface area (Å²) in [6.07, 6.45) is 0. The fourth-order valence-corrected chi connectivity index (χ4v) is 1.11. The summed E-state index contributed by atoms with van der Waals surface area (Å²) < 4.78 is 10.0. The van der Waals surface area contributed by atoms with Crippen LogP contribution in [0.4, 0.5) is 5.69 Å². The second-order valence-corrected chi connectivity index (χ2v) is 2.87. The van der Waals surface area contributed by atoms with Crippen LogP contribution in [0, 0.1) is 0 Å². The Kier molecular flexibility index (Phi) is 3.93. The number of benzene rings is 1. The molecule has 3 N–H and O–H groups in total. The number of rotatable bonds is 5. The number of hydrogen-bond donors (Lipinski definition) is 2. The Hall–Kier alpha value is -1.75. The van der Waals surface area contributed by atoms with E-state index in [1.807, 2.05) is 0 Å². The van der Waals surface area contributed by atoms with Crippen molar-refractivity contribution in [1.82, 2.24) is 0 Å². The molecule has 5 nitrogen and oxygen atoms in total. The van der Waals surface area contributed by atoms with Crippen molar-refractivity contribution in [2.24, 2.45) is 0 Å². The van der Waals surface area contributed by atoms with Gasteiger partial charge in [-0.3, -0.25) is 0 Å². The summed E-state index contributed by atoms with van der Waals surface area (Å²) in [5.74, 6) is -0.864. The Bertz CT molecular complexity index is 351. The summed E-state index contributed by atoms with van der Waals surface area (Å²) in [5, 5.41) is 8.88. The smallest absolute Gasteiger partial charge is 0.339 e. The van der Waals surface area contributed by atoms with Crippen LogP contribution in [0.2, 0.25) is 0 Å². The first-order valence-corrected chi connectivity index (χ1v) is 4.40. The molecule has 0 radical (unpaired) electrons. The van der Waals surface area contributed by atoms with Gasteiger partial charge in [0.15, 0.2) is 5.75 Å². The number of hydrogen-bond acceptors (Lipinski definition) is 4. The van der Waals surface area contributed by atoms with E-state index in [4.69, 9.17) is 20.3 Å². The van der Waals surface area contributed by atoms with E-state index in [0.29, 0.717) is 12.3 Å². The molecule has 0 fully saturated rings. The average molecular weight is 211 g/mol. The van der Waals surface area contributed by atoms with E-state index in [1.54, 1.807) is 12.1 Å². The van der Waals surface area contributed by atoms with Crippen LogP contribution in [0.1, 0.15) is 10.4 Å². The minimum atomic E-state index is -1.06. The van der Waals surface area contributed by atoms with Gasteiger partial charge in [0.05, 0.1) is 12.3 Å². The second-order valence-electron chi connectivity index (χ2n) is 2.87. The van der Waals surface area contributed by atoms with Gasteiger partial charge in [0.2, 0.25) is 0 Å². The minimum Gasteiger partial charge on any atom is -0.488 e. The number of aromatic carboxylic acids is 1. The molecule has 0 saturated carbocycles. The zero-order valence-electron chi connectivity index (χ0n) is 8.40. The van der Waals surface area contributed by atoms with Crippen molar-refractivity contribution in [1.29, 1.82) is 0 Å². The van der Waals surface area contributed by atoms with Crippen molar-refractivity contribution in [2.45, 2.75) is 0 Å². The molecule has 82 valence electrons. The largest absolute Gasteiger partial charge is 0.488 e. The third-order valence-electron chi connectivity index (χ3n) is 1.81. The Morgan fingerprint density at radius 2 is 2.20 bits per heavy atom. The first-order chi connectivity index (χ1) is 7.16. The number of ether oxygens (including phenoxy) is 2. The number of methoxy groups -OCH3 is 1. The van der Waals surface area contributed by atoms with E-state index >= 15 is 0 Å². The number of carboxylic acid groups (broad SMARTS) is 1.